The molecule has 2 aliphatic rings. The van der Waals surface area contributed by atoms with Crippen LogP contribution in [0.5, 0.6) is 0 Å². The first-order chi connectivity index (χ1) is 10.3. The second-order valence-electron chi connectivity index (χ2n) is 5.40. The smallest absolute Gasteiger partial charge is 0.317 e. The normalized spacial score (nSPS) is 19.0. The Kier molecular flexibility index (Phi) is 5.24. The van der Waals surface area contributed by atoms with Gasteiger partial charge in [-0.3, -0.25) is 0 Å². The highest BCUT2D eigenvalue weighted by atomic mass is 32.2. The predicted octanol–water partition coefficient (Wildman–Crippen LogP) is 2.04. The Labute approximate surface area is 134 Å². The molecule has 3 rings (SSSR count). The Morgan fingerprint density at radius 2 is 2.00 bits per heavy atom. The van der Waals surface area contributed by atoms with Gasteiger partial charge in [0.15, 0.2) is 5.13 Å². The lowest BCUT2D eigenvalue weighted by atomic mass is 10.3. The minimum absolute atomic E-state index is 0.0743. The van der Waals surface area contributed by atoms with Gasteiger partial charge in [-0.05, 0) is 12.8 Å². The molecule has 7 heteroatoms. The van der Waals surface area contributed by atoms with Gasteiger partial charge in [-0.2, -0.15) is 11.8 Å². The number of amides is 2. The third kappa shape index (κ3) is 4.03. The van der Waals surface area contributed by atoms with Gasteiger partial charge in [0, 0.05) is 56.0 Å². The third-order valence-electron chi connectivity index (χ3n) is 3.87. The highest BCUT2D eigenvalue weighted by Crippen LogP contribution is 2.24. The Morgan fingerprint density at radius 1 is 1.24 bits per heavy atom. The number of rotatable bonds is 4. The van der Waals surface area contributed by atoms with Crippen LogP contribution in [0.2, 0.25) is 0 Å². The average molecular weight is 326 g/mol. The monoisotopic (exact) mass is 326 g/mol. The minimum Gasteiger partial charge on any atom is -0.348 e. The fourth-order valence-corrected chi connectivity index (χ4v) is 4.46. The number of thioether (sulfide) groups is 1. The number of carbonyl (C=O) groups excluding carboxylic acids is 1. The SMILES string of the molecule is O=C(NCCc1csc(N2CCCC2)n1)N1CCSCC1. The topological polar surface area (TPSA) is 48.5 Å². The third-order valence-corrected chi connectivity index (χ3v) is 5.76. The molecule has 0 radical (unpaired) electrons. The standard InChI is InChI=1S/C14H22N4OS2/c19-13(17-7-9-20-10-8-17)15-4-3-12-11-21-14(16-12)18-5-1-2-6-18/h11H,1-10H2,(H,15,19). The summed E-state index contributed by atoms with van der Waals surface area (Å²) in [5, 5.41) is 6.27. The van der Waals surface area contributed by atoms with E-state index in [1.807, 2.05) is 16.7 Å². The van der Waals surface area contributed by atoms with Crippen molar-refractivity contribution >= 4 is 34.3 Å². The van der Waals surface area contributed by atoms with Crippen molar-refractivity contribution in [2.45, 2.75) is 19.3 Å². The molecule has 21 heavy (non-hydrogen) atoms. The summed E-state index contributed by atoms with van der Waals surface area (Å²) in [5.41, 5.74) is 1.09. The van der Waals surface area contributed by atoms with Gasteiger partial charge in [-0.15, -0.1) is 11.3 Å². The number of thiazole rings is 1. The van der Waals surface area contributed by atoms with E-state index < -0.39 is 0 Å². The number of hydrogen-bond acceptors (Lipinski definition) is 5. The number of aromatic nitrogens is 1. The molecule has 0 aliphatic carbocycles. The zero-order valence-electron chi connectivity index (χ0n) is 12.2. The molecule has 0 unspecified atom stereocenters. The molecular weight excluding hydrogens is 304 g/mol. The highest BCUT2D eigenvalue weighted by Gasteiger charge is 2.17. The summed E-state index contributed by atoms with van der Waals surface area (Å²) in [7, 11) is 0. The summed E-state index contributed by atoms with van der Waals surface area (Å²) in [5.74, 6) is 2.11. The van der Waals surface area contributed by atoms with Crippen molar-refractivity contribution in [2.75, 3.05) is 49.1 Å². The van der Waals surface area contributed by atoms with Crippen LogP contribution in [0.4, 0.5) is 9.93 Å². The van der Waals surface area contributed by atoms with Crippen LogP contribution in [-0.2, 0) is 6.42 Å². The van der Waals surface area contributed by atoms with Gasteiger partial charge in [0.1, 0.15) is 0 Å². The van der Waals surface area contributed by atoms with Gasteiger partial charge in [-0.25, -0.2) is 9.78 Å². The molecule has 116 valence electrons. The number of nitrogens with zero attached hydrogens (tertiary/aromatic N) is 3. The van der Waals surface area contributed by atoms with Gasteiger partial charge < -0.3 is 15.1 Å². The lowest BCUT2D eigenvalue weighted by molar-refractivity contribution is 0.203. The van der Waals surface area contributed by atoms with Gasteiger partial charge in [0.05, 0.1) is 5.69 Å². The van der Waals surface area contributed by atoms with Crippen LogP contribution in [0.1, 0.15) is 18.5 Å². The van der Waals surface area contributed by atoms with E-state index in [1.165, 1.54) is 12.8 Å². The van der Waals surface area contributed by atoms with Gasteiger partial charge in [0.2, 0.25) is 0 Å². The molecule has 0 atom stereocenters. The Morgan fingerprint density at radius 3 is 2.76 bits per heavy atom. The Balaban J connectivity index is 1.41. The molecule has 0 saturated carbocycles. The average Bonchev–Trinajstić information content (AvgIpc) is 3.19. The molecule has 1 aromatic rings. The zero-order chi connectivity index (χ0) is 14.5. The molecule has 3 heterocycles. The number of nitrogens with one attached hydrogen (secondary N) is 1. The van der Waals surface area contributed by atoms with E-state index in [2.05, 4.69) is 20.6 Å². The van der Waals surface area contributed by atoms with E-state index >= 15 is 0 Å². The maximum atomic E-state index is 12.0. The van der Waals surface area contributed by atoms with Crippen molar-refractivity contribution in [2.24, 2.45) is 0 Å². The van der Waals surface area contributed by atoms with Crippen molar-refractivity contribution in [3.05, 3.63) is 11.1 Å². The van der Waals surface area contributed by atoms with Crippen molar-refractivity contribution < 1.29 is 4.79 Å². The van der Waals surface area contributed by atoms with Crippen LogP contribution in [0.15, 0.2) is 5.38 Å². The lowest BCUT2D eigenvalue weighted by Crippen LogP contribution is -2.44. The van der Waals surface area contributed by atoms with Crippen LogP contribution in [-0.4, -0.2) is 60.1 Å². The number of anilines is 1. The van der Waals surface area contributed by atoms with Gasteiger partial charge in [-0.1, -0.05) is 0 Å². The van der Waals surface area contributed by atoms with Crippen molar-refractivity contribution in [1.82, 2.24) is 15.2 Å². The zero-order valence-corrected chi connectivity index (χ0v) is 13.8. The van der Waals surface area contributed by atoms with Crippen molar-refractivity contribution in [3.63, 3.8) is 0 Å². The van der Waals surface area contributed by atoms with Crippen molar-refractivity contribution in [3.8, 4) is 0 Å². The largest absolute Gasteiger partial charge is 0.348 e. The number of carbonyl (C=O) groups is 1. The van der Waals surface area contributed by atoms with E-state index in [4.69, 9.17) is 0 Å². The van der Waals surface area contributed by atoms with Crippen LogP contribution in [0.3, 0.4) is 0 Å². The summed E-state index contributed by atoms with van der Waals surface area (Å²) >= 11 is 3.64. The van der Waals surface area contributed by atoms with Crippen LogP contribution in [0, 0.1) is 0 Å². The first kappa shape index (κ1) is 15.0. The first-order valence-corrected chi connectivity index (χ1v) is 9.66. The molecule has 0 spiro atoms. The quantitative estimate of drug-likeness (QED) is 0.920. The molecule has 1 aromatic heterocycles. The first-order valence-electron chi connectivity index (χ1n) is 7.63. The van der Waals surface area contributed by atoms with E-state index in [-0.39, 0.29) is 6.03 Å². The number of urea groups is 1. The summed E-state index contributed by atoms with van der Waals surface area (Å²) in [6.07, 6.45) is 3.37. The highest BCUT2D eigenvalue weighted by molar-refractivity contribution is 7.99. The van der Waals surface area contributed by atoms with Crippen LogP contribution in [0.25, 0.3) is 0 Å². The van der Waals surface area contributed by atoms with Gasteiger partial charge >= 0.3 is 6.03 Å². The minimum atomic E-state index is 0.0743. The Hall–Kier alpha value is -0.950. The van der Waals surface area contributed by atoms with Crippen molar-refractivity contribution in [1.29, 1.82) is 0 Å². The van der Waals surface area contributed by atoms with E-state index in [9.17, 15) is 4.79 Å². The molecule has 2 amide bonds. The molecule has 2 fully saturated rings. The molecule has 2 aliphatic heterocycles. The maximum Gasteiger partial charge on any atom is 0.317 e. The van der Waals surface area contributed by atoms with Crippen LogP contribution < -0.4 is 10.2 Å². The maximum absolute atomic E-state index is 12.0. The second-order valence-corrected chi connectivity index (χ2v) is 7.46. The number of hydrogen-bond donors (Lipinski definition) is 1. The molecular formula is C14H22N4OS2. The van der Waals surface area contributed by atoms with Crippen LogP contribution >= 0.6 is 23.1 Å². The second kappa shape index (κ2) is 7.35. The molecule has 0 bridgehead atoms. The molecule has 0 aromatic carbocycles. The van der Waals surface area contributed by atoms with E-state index in [1.54, 1.807) is 11.3 Å². The molecule has 5 nitrogen and oxygen atoms in total. The predicted molar refractivity (Wildman–Crippen MR) is 89.6 cm³/mol. The summed E-state index contributed by atoms with van der Waals surface area (Å²) in [4.78, 5) is 20.9. The summed E-state index contributed by atoms with van der Waals surface area (Å²) < 4.78 is 0. The molecule has 1 N–H and O–H groups in total. The summed E-state index contributed by atoms with van der Waals surface area (Å²) in [6, 6.07) is 0.0743. The fraction of sp³-hybridized carbons (Fsp3) is 0.714. The van der Waals surface area contributed by atoms with E-state index in [0.29, 0.717) is 6.54 Å². The van der Waals surface area contributed by atoms with E-state index in [0.717, 1.165) is 54.9 Å². The lowest BCUT2D eigenvalue weighted by Gasteiger charge is -2.26. The summed E-state index contributed by atoms with van der Waals surface area (Å²) in [6.45, 7) is 4.68. The fourth-order valence-electron chi connectivity index (χ4n) is 2.64. The molecule has 2 saturated heterocycles. The Bertz CT molecular complexity index is 467. The van der Waals surface area contributed by atoms with Gasteiger partial charge in [0.25, 0.3) is 0 Å².